The summed E-state index contributed by atoms with van der Waals surface area (Å²) in [4.78, 5) is 13.0. The summed E-state index contributed by atoms with van der Waals surface area (Å²) in [5.74, 6) is -0.0166. The van der Waals surface area contributed by atoms with E-state index in [0.717, 1.165) is 18.4 Å². The van der Waals surface area contributed by atoms with Crippen molar-refractivity contribution < 1.29 is 4.79 Å². The van der Waals surface area contributed by atoms with Gasteiger partial charge in [0.15, 0.2) is 0 Å². The van der Waals surface area contributed by atoms with Crippen LogP contribution in [-0.4, -0.2) is 5.91 Å². The van der Waals surface area contributed by atoms with Crippen molar-refractivity contribution in [1.82, 2.24) is 10.6 Å². The van der Waals surface area contributed by atoms with Crippen LogP contribution in [0.2, 0.25) is 0 Å². The number of carbonyl (C=O) groups is 1. The van der Waals surface area contributed by atoms with Crippen LogP contribution in [0, 0.1) is 0 Å². The molecule has 0 aliphatic heterocycles. The van der Waals surface area contributed by atoms with Gasteiger partial charge in [0.05, 0.1) is 5.54 Å². The molecule has 0 unspecified atom stereocenters. The lowest BCUT2D eigenvalue weighted by molar-refractivity contribution is 0.0930. The lowest BCUT2D eigenvalue weighted by Gasteiger charge is -2.20. The van der Waals surface area contributed by atoms with E-state index in [1.807, 2.05) is 36.4 Å². The van der Waals surface area contributed by atoms with Gasteiger partial charge in [-0.05, 0) is 53.1 Å². The molecule has 1 fully saturated rings. The molecule has 3 nitrogen and oxygen atoms in total. The van der Waals surface area contributed by atoms with E-state index in [4.69, 9.17) is 0 Å². The molecule has 0 saturated heterocycles. The molecular formula is C23H22N2O. The predicted octanol–water partition coefficient (Wildman–Crippen LogP) is 4.49. The van der Waals surface area contributed by atoms with Crippen molar-refractivity contribution in [2.75, 3.05) is 0 Å². The molecule has 3 heteroatoms. The van der Waals surface area contributed by atoms with E-state index in [-0.39, 0.29) is 11.4 Å². The highest BCUT2D eigenvalue weighted by molar-refractivity contribution is 5.96. The molecule has 1 aliphatic carbocycles. The van der Waals surface area contributed by atoms with Crippen LogP contribution >= 0.6 is 0 Å². The molecule has 130 valence electrons. The SMILES string of the molecule is C=CNCc1ccccc1C(=O)NC1(c2ccc3ccccc3c2)CC1. The Morgan fingerprint density at radius 1 is 1.00 bits per heavy atom. The zero-order valence-corrected chi connectivity index (χ0v) is 14.7. The summed E-state index contributed by atoms with van der Waals surface area (Å²) in [5.41, 5.74) is 2.64. The molecule has 1 aliphatic rings. The molecule has 0 spiro atoms. The maximum atomic E-state index is 13.0. The van der Waals surface area contributed by atoms with Gasteiger partial charge in [0.1, 0.15) is 0 Å². The van der Waals surface area contributed by atoms with Crippen LogP contribution < -0.4 is 10.6 Å². The van der Waals surface area contributed by atoms with E-state index in [2.05, 4.69) is 47.5 Å². The van der Waals surface area contributed by atoms with Crippen LogP contribution in [0.4, 0.5) is 0 Å². The Kier molecular flexibility index (Phi) is 4.21. The highest BCUT2D eigenvalue weighted by atomic mass is 16.1. The highest BCUT2D eigenvalue weighted by Crippen LogP contribution is 2.46. The fourth-order valence-electron chi connectivity index (χ4n) is 3.46. The van der Waals surface area contributed by atoms with Gasteiger partial charge in [-0.2, -0.15) is 0 Å². The third kappa shape index (κ3) is 3.08. The molecule has 3 aromatic rings. The summed E-state index contributed by atoms with van der Waals surface area (Å²) in [5, 5.41) is 8.79. The molecular weight excluding hydrogens is 320 g/mol. The second kappa shape index (κ2) is 6.68. The number of benzene rings is 3. The summed E-state index contributed by atoms with van der Waals surface area (Å²) < 4.78 is 0. The van der Waals surface area contributed by atoms with Crippen molar-refractivity contribution in [3.63, 3.8) is 0 Å². The number of hydrogen-bond donors (Lipinski definition) is 2. The van der Waals surface area contributed by atoms with Crippen LogP contribution in [0.25, 0.3) is 10.8 Å². The molecule has 0 bridgehead atoms. The number of amides is 1. The van der Waals surface area contributed by atoms with Crippen LogP contribution in [0.3, 0.4) is 0 Å². The summed E-state index contributed by atoms with van der Waals surface area (Å²) in [6.45, 7) is 4.27. The molecule has 26 heavy (non-hydrogen) atoms. The Balaban J connectivity index is 1.60. The molecule has 1 amide bonds. The zero-order chi connectivity index (χ0) is 18.0. The maximum Gasteiger partial charge on any atom is 0.252 e. The lowest BCUT2D eigenvalue weighted by atomic mass is 9.99. The molecule has 1 saturated carbocycles. The van der Waals surface area contributed by atoms with Gasteiger partial charge in [-0.25, -0.2) is 0 Å². The van der Waals surface area contributed by atoms with Crippen LogP contribution in [0.5, 0.6) is 0 Å². The Morgan fingerprint density at radius 2 is 1.73 bits per heavy atom. The Labute approximate surface area is 153 Å². The first-order valence-corrected chi connectivity index (χ1v) is 8.96. The van der Waals surface area contributed by atoms with Gasteiger partial charge < -0.3 is 10.6 Å². The number of fused-ring (bicyclic) bond motifs is 1. The van der Waals surface area contributed by atoms with Crippen molar-refractivity contribution >= 4 is 16.7 Å². The first-order chi connectivity index (χ1) is 12.7. The summed E-state index contributed by atoms with van der Waals surface area (Å²) in [7, 11) is 0. The number of nitrogens with one attached hydrogen (secondary N) is 2. The highest BCUT2D eigenvalue weighted by Gasteiger charge is 2.45. The third-order valence-corrected chi connectivity index (χ3v) is 5.10. The average molecular weight is 342 g/mol. The summed E-state index contributed by atoms with van der Waals surface area (Å²) >= 11 is 0. The Hall–Kier alpha value is -3.07. The standard InChI is InChI=1S/C23H22N2O/c1-2-24-16-19-9-5-6-10-21(19)22(26)25-23(13-14-23)20-12-11-17-7-3-4-8-18(17)15-20/h2-12,15,24H,1,13-14,16H2,(H,25,26). The second-order valence-corrected chi connectivity index (χ2v) is 6.84. The lowest BCUT2D eigenvalue weighted by Crippen LogP contribution is -2.35. The van der Waals surface area contributed by atoms with Crippen molar-refractivity contribution in [2.24, 2.45) is 0 Å². The van der Waals surface area contributed by atoms with Gasteiger partial charge >= 0.3 is 0 Å². The van der Waals surface area contributed by atoms with Gasteiger partial charge in [-0.3, -0.25) is 4.79 Å². The van der Waals surface area contributed by atoms with Crippen molar-refractivity contribution in [3.05, 3.63) is 96.2 Å². The van der Waals surface area contributed by atoms with E-state index in [0.29, 0.717) is 12.1 Å². The first kappa shape index (κ1) is 16.4. The van der Waals surface area contributed by atoms with Gasteiger partial charge in [0, 0.05) is 12.1 Å². The summed E-state index contributed by atoms with van der Waals surface area (Å²) in [6.07, 6.45) is 3.60. The molecule has 2 N–H and O–H groups in total. The smallest absolute Gasteiger partial charge is 0.252 e. The first-order valence-electron chi connectivity index (χ1n) is 8.96. The van der Waals surface area contributed by atoms with E-state index in [9.17, 15) is 4.79 Å². The fourth-order valence-corrected chi connectivity index (χ4v) is 3.46. The van der Waals surface area contributed by atoms with Gasteiger partial charge in [0.25, 0.3) is 5.91 Å². The largest absolute Gasteiger partial charge is 0.387 e. The van der Waals surface area contributed by atoms with Crippen LogP contribution in [0.1, 0.15) is 34.3 Å². The van der Waals surface area contributed by atoms with Crippen molar-refractivity contribution in [2.45, 2.75) is 24.9 Å². The summed E-state index contributed by atoms with van der Waals surface area (Å²) in [6, 6.07) is 22.5. The monoisotopic (exact) mass is 342 g/mol. The molecule has 0 atom stereocenters. The Bertz CT molecular complexity index is 973. The minimum absolute atomic E-state index is 0.0166. The molecule has 4 rings (SSSR count). The molecule has 0 radical (unpaired) electrons. The van der Waals surface area contributed by atoms with Crippen molar-refractivity contribution in [3.8, 4) is 0 Å². The third-order valence-electron chi connectivity index (χ3n) is 5.10. The minimum atomic E-state index is -0.236. The van der Waals surface area contributed by atoms with Crippen molar-refractivity contribution in [1.29, 1.82) is 0 Å². The average Bonchev–Trinajstić information content (AvgIpc) is 3.46. The Morgan fingerprint density at radius 3 is 2.50 bits per heavy atom. The molecule has 3 aromatic carbocycles. The van der Waals surface area contributed by atoms with Crippen LogP contribution in [0.15, 0.2) is 79.5 Å². The van der Waals surface area contributed by atoms with E-state index in [1.54, 1.807) is 6.20 Å². The molecule has 0 aromatic heterocycles. The number of hydrogen-bond acceptors (Lipinski definition) is 2. The fraction of sp³-hybridized carbons (Fsp3) is 0.174. The normalized spacial score (nSPS) is 14.6. The van der Waals surface area contributed by atoms with Gasteiger partial charge in [-0.15, -0.1) is 0 Å². The molecule has 0 heterocycles. The second-order valence-electron chi connectivity index (χ2n) is 6.84. The number of carbonyl (C=O) groups excluding carboxylic acids is 1. The van der Waals surface area contributed by atoms with E-state index < -0.39 is 0 Å². The minimum Gasteiger partial charge on any atom is -0.387 e. The zero-order valence-electron chi connectivity index (χ0n) is 14.7. The van der Waals surface area contributed by atoms with E-state index >= 15 is 0 Å². The topological polar surface area (TPSA) is 41.1 Å². The number of rotatable bonds is 6. The quantitative estimate of drug-likeness (QED) is 0.693. The predicted molar refractivity (Wildman–Crippen MR) is 106 cm³/mol. The van der Waals surface area contributed by atoms with Crippen LogP contribution in [-0.2, 0) is 12.1 Å². The van der Waals surface area contributed by atoms with Gasteiger partial charge in [0.2, 0.25) is 0 Å². The maximum absolute atomic E-state index is 13.0. The van der Waals surface area contributed by atoms with E-state index in [1.165, 1.54) is 16.3 Å². The van der Waals surface area contributed by atoms with Gasteiger partial charge in [-0.1, -0.05) is 61.2 Å².